The monoisotopic (exact) mass is 350 g/mol. The van der Waals surface area contributed by atoms with Crippen molar-refractivity contribution in [3.63, 3.8) is 0 Å². The van der Waals surface area contributed by atoms with Crippen LogP contribution >= 0.6 is 0 Å². The minimum absolute atomic E-state index is 0.0132. The number of esters is 1. The number of carbonyl (C=O) groups is 1. The first-order valence-electron chi connectivity index (χ1n) is 9.31. The van der Waals surface area contributed by atoms with Crippen molar-refractivity contribution in [2.45, 2.75) is 65.3 Å². The van der Waals surface area contributed by atoms with Gasteiger partial charge < -0.3 is 20.1 Å². The van der Waals surface area contributed by atoms with Gasteiger partial charge in [-0.2, -0.15) is 0 Å². The van der Waals surface area contributed by atoms with Crippen LogP contribution in [0.1, 0.15) is 52.9 Å². The van der Waals surface area contributed by atoms with Gasteiger partial charge in [0.05, 0.1) is 12.7 Å². The SMILES string of the molecule is CC1CC(O)C2(C)C(CO)=CCCC2C1(C)CCC1=CC(=O)OC1O. The van der Waals surface area contributed by atoms with Crippen molar-refractivity contribution in [2.75, 3.05) is 6.61 Å². The number of aliphatic hydroxyl groups excluding tert-OH is 3. The fourth-order valence-electron chi connectivity index (χ4n) is 5.53. The Bertz CT molecular complexity index is 609. The lowest BCUT2D eigenvalue weighted by molar-refractivity contribution is -0.151. The quantitative estimate of drug-likeness (QED) is 0.535. The minimum Gasteiger partial charge on any atom is -0.429 e. The third-order valence-corrected chi connectivity index (χ3v) is 7.42. The largest absolute Gasteiger partial charge is 0.429 e. The van der Waals surface area contributed by atoms with E-state index in [-0.39, 0.29) is 17.9 Å². The summed E-state index contributed by atoms with van der Waals surface area (Å²) in [5, 5.41) is 30.5. The molecule has 25 heavy (non-hydrogen) atoms. The highest BCUT2D eigenvalue weighted by Crippen LogP contribution is 2.62. The van der Waals surface area contributed by atoms with E-state index >= 15 is 0 Å². The van der Waals surface area contributed by atoms with Crippen molar-refractivity contribution in [3.05, 3.63) is 23.3 Å². The third-order valence-electron chi connectivity index (χ3n) is 7.42. The first-order valence-corrected chi connectivity index (χ1v) is 9.31. The molecule has 3 aliphatic rings. The summed E-state index contributed by atoms with van der Waals surface area (Å²) in [5.74, 6) is 0.0869. The number of hydrogen-bond acceptors (Lipinski definition) is 5. The Balaban J connectivity index is 1.87. The van der Waals surface area contributed by atoms with Crippen molar-refractivity contribution in [3.8, 4) is 0 Å². The van der Waals surface area contributed by atoms with Crippen LogP contribution in [-0.2, 0) is 9.53 Å². The maximum atomic E-state index is 11.3. The van der Waals surface area contributed by atoms with Crippen molar-refractivity contribution in [1.29, 1.82) is 0 Å². The predicted octanol–water partition coefficient (Wildman–Crippen LogP) is 2.31. The number of cyclic esters (lactones) is 1. The molecule has 5 heteroatoms. The lowest BCUT2D eigenvalue weighted by Crippen LogP contribution is -2.57. The van der Waals surface area contributed by atoms with E-state index in [1.807, 2.05) is 0 Å². The number of aliphatic hydroxyl groups is 3. The molecule has 0 spiro atoms. The second-order valence-corrected chi connectivity index (χ2v) is 8.47. The van der Waals surface area contributed by atoms with Crippen LogP contribution in [0.15, 0.2) is 23.3 Å². The molecule has 0 saturated heterocycles. The average Bonchev–Trinajstić information content (AvgIpc) is 2.89. The number of rotatable bonds is 4. The highest BCUT2D eigenvalue weighted by molar-refractivity contribution is 5.85. The molecule has 1 aliphatic heterocycles. The van der Waals surface area contributed by atoms with Gasteiger partial charge in [-0.3, -0.25) is 0 Å². The summed E-state index contributed by atoms with van der Waals surface area (Å²) in [6.07, 6.45) is 5.92. The minimum atomic E-state index is -1.12. The van der Waals surface area contributed by atoms with Gasteiger partial charge in [-0.05, 0) is 54.9 Å². The van der Waals surface area contributed by atoms with Crippen LogP contribution in [0.3, 0.4) is 0 Å². The number of ether oxygens (including phenoxy) is 1. The molecule has 0 aromatic heterocycles. The first kappa shape index (κ1) is 18.6. The predicted molar refractivity (Wildman–Crippen MR) is 93.3 cm³/mol. The van der Waals surface area contributed by atoms with Crippen molar-refractivity contribution in [2.24, 2.45) is 22.7 Å². The van der Waals surface area contributed by atoms with Crippen molar-refractivity contribution >= 4 is 5.97 Å². The molecule has 0 amide bonds. The second kappa shape index (κ2) is 6.53. The van der Waals surface area contributed by atoms with Gasteiger partial charge >= 0.3 is 5.97 Å². The second-order valence-electron chi connectivity index (χ2n) is 8.47. The molecule has 6 atom stereocenters. The van der Waals surface area contributed by atoms with Gasteiger partial charge in [0.25, 0.3) is 0 Å². The van der Waals surface area contributed by atoms with E-state index in [9.17, 15) is 20.1 Å². The van der Waals surface area contributed by atoms with Crippen LogP contribution < -0.4 is 0 Å². The Labute approximate surface area is 149 Å². The Kier molecular flexibility index (Phi) is 4.86. The molecular weight excluding hydrogens is 320 g/mol. The van der Waals surface area contributed by atoms with E-state index in [1.54, 1.807) is 0 Å². The van der Waals surface area contributed by atoms with Crippen molar-refractivity contribution < 1.29 is 24.9 Å². The summed E-state index contributed by atoms with van der Waals surface area (Å²) in [7, 11) is 0. The molecule has 140 valence electrons. The molecule has 2 aliphatic carbocycles. The summed E-state index contributed by atoms with van der Waals surface area (Å²) in [6.45, 7) is 6.52. The van der Waals surface area contributed by atoms with E-state index in [0.717, 1.165) is 24.8 Å². The molecule has 1 fully saturated rings. The fraction of sp³-hybridized carbons (Fsp3) is 0.750. The summed E-state index contributed by atoms with van der Waals surface area (Å²) in [5.41, 5.74) is 1.13. The lowest BCUT2D eigenvalue weighted by Gasteiger charge is -2.60. The fourth-order valence-corrected chi connectivity index (χ4v) is 5.53. The Morgan fingerprint density at radius 3 is 2.64 bits per heavy atom. The maximum absolute atomic E-state index is 11.3. The van der Waals surface area contributed by atoms with E-state index in [2.05, 4.69) is 26.8 Å². The number of allylic oxidation sites excluding steroid dienone is 1. The van der Waals surface area contributed by atoms with Gasteiger partial charge in [-0.1, -0.05) is 26.8 Å². The van der Waals surface area contributed by atoms with Crippen LogP contribution in [-0.4, -0.2) is 40.3 Å². The summed E-state index contributed by atoms with van der Waals surface area (Å²) < 4.78 is 4.79. The standard InChI is InChI=1S/C20H30O5/c1-12-9-16(22)20(3)14(11-21)5-4-6-15(20)19(12,2)8-7-13-10-17(23)25-18(13)24/h5,10,12,15-16,18,21-22,24H,4,6-9,11H2,1-3H3. The zero-order chi connectivity index (χ0) is 18.4. The normalized spacial score (nSPS) is 44.0. The van der Waals surface area contributed by atoms with Crippen LogP contribution in [0, 0.1) is 22.7 Å². The van der Waals surface area contributed by atoms with Gasteiger partial charge in [-0.25, -0.2) is 4.79 Å². The highest BCUT2D eigenvalue weighted by Gasteiger charge is 2.57. The van der Waals surface area contributed by atoms with Gasteiger partial charge in [0.2, 0.25) is 6.29 Å². The lowest BCUT2D eigenvalue weighted by atomic mass is 9.46. The van der Waals surface area contributed by atoms with Crippen LogP contribution in [0.25, 0.3) is 0 Å². The van der Waals surface area contributed by atoms with Gasteiger partial charge in [0, 0.05) is 17.1 Å². The van der Waals surface area contributed by atoms with Crippen LogP contribution in [0.4, 0.5) is 0 Å². The molecule has 0 aromatic rings. The molecule has 1 heterocycles. The number of fused-ring (bicyclic) bond motifs is 1. The van der Waals surface area contributed by atoms with E-state index in [0.29, 0.717) is 24.3 Å². The van der Waals surface area contributed by atoms with E-state index in [4.69, 9.17) is 4.74 Å². The molecule has 3 N–H and O–H groups in total. The van der Waals surface area contributed by atoms with Gasteiger partial charge in [0.1, 0.15) is 0 Å². The van der Waals surface area contributed by atoms with Crippen molar-refractivity contribution in [1.82, 2.24) is 0 Å². The van der Waals surface area contributed by atoms with Crippen LogP contribution in [0.5, 0.6) is 0 Å². The van der Waals surface area contributed by atoms with E-state index in [1.165, 1.54) is 6.08 Å². The third kappa shape index (κ3) is 2.86. The molecule has 3 rings (SSSR count). The number of hydrogen-bond donors (Lipinski definition) is 3. The zero-order valence-electron chi connectivity index (χ0n) is 15.4. The molecule has 0 bridgehead atoms. The molecule has 0 radical (unpaired) electrons. The summed E-state index contributed by atoms with van der Waals surface area (Å²) >= 11 is 0. The van der Waals surface area contributed by atoms with Crippen LogP contribution in [0.2, 0.25) is 0 Å². The number of carbonyl (C=O) groups excluding carboxylic acids is 1. The Hall–Kier alpha value is -1.17. The summed E-state index contributed by atoms with van der Waals surface area (Å²) in [4.78, 5) is 11.3. The highest BCUT2D eigenvalue weighted by atomic mass is 16.6. The maximum Gasteiger partial charge on any atom is 0.333 e. The Morgan fingerprint density at radius 1 is 1.32 bits per heavy atom. The zero-order valence-corrected chi connectivity index (χ0v) is 15.4. The smallest absolute Gasteiger partial charge is 0.333 e. The first-order chi connectivity index (χ1) is 11.7. The average molecular weight is 350 g/mol. The molecule has 5 nitrogen and oxygen atoms in total. The van der Waals surface area contributed by atoms with Gasteiger partial charge in [-0.15, -0.1) is 0 Å². The molecule has 1 saturated carbocycles. The topological polar surface area (TPSA) is 87.0 Å². The molecule has 6 unspecified atom stereocenters. The molecular formula is C20H30O5. The summed E-state index contributed by atoms with van der Waals surface area (Å²) in [6, 6.07) is 0. The van der Waals surface area contributed by atoms with Gasteiger partial charge in [0.15, 0.2) is 0 Å². The van der Waals surface area contributed by atoms with E-state index < -0.39 is 23.8 Å². The molecule has 0 aromatic carbocycles. The Morgan fingerprint density at radius 2 is 2.04 bits per heavy atom.